The van der Waals surface area contributed by atoms with Crippen LogP contribution in [0.25, 0.3) is 6.08 Å². The van der Waals surface area contributed by atoms with Gasteiger partial charge in [0.25, 0.3) is 0 Å². The summed E-state index contributed by atoms with van der Waals surface area (Å²) in [5.74, 6) is 0.232. The van der Waals surface area contributed by atoms with Gasteiger partial charge in [0.05, 0.1) is 22.1 Å². The molecule has 0 radical (unpaired) electrons. The second kappa shape index (κ2) is 8.26. The van der Waals surface area contributed by atoms with Crippen molar-refractivity contribution in [2.24, 2.45) is 0 Å². The summed E-state index contributed by atoms with van der Waals surface area (Å²) in [6.07, 6.45) is 1.34. The first-order valence-corrected chi connectivity index (χ1v) is 8.58. The van der Waals surface area contributed by atoms with E-state index < -0.39 is 10.9 Å². The summed E-state index contributed by atoms with van der Waals surface area (Å²) in [7, 11) is 1.53. The van der Waals surface area contributed by atoms with Gasteiger partial charge in [-0.3, -0.25) is 10.1 Å². The molecule has 2 aromatic carbocycles. The molecule has 130 valence electrons. The maximum atomic E-state index is 12.4. The van der Waals surface area contributed by atoms with Gasteiger partial charge >= 0.3 is 5.97 Å². The number of benzene rings is 2. The van der Waals surface area contributed by atoms with Crippen LogP contribution in [-0.4, -0.2) is 18.0 Å². The van der Waals surface area contributed by atoms with Crippen molar-refractivity contribution >= 4 is 43.9 Å². The van der Waals surface area contributed by atoms with Gasteiger partial charge in [-0.05, 0) is 52.3 Å². The molecule has 6 nitrogen and oxygen atoms in total. The number of rotatable bonds is 5. The van der Waals surface area contributed by atoms with E-state index in [2.05, 4.69) is 31.9 Å². The Balaban J connectivity index is 2.39. The van der Waals surface area contributed by atoms with E-state index in [1.54, 1.807) is 36.4 Å². The van der Waals surface area contributed by atoms with Gasteiger partial charge in [0, 0.05) is 23.0 Å². The van der Waals surface area contributed by atoms with Gasteiger partial charge in [-0.2, -0.15) is 0 Å². The molecule has 0 unspecified atom stereocenters. The molecule has 8 heteroatoms. The van der Waals surface area contributed by atoms with E-state index in [1.807, 2.05) is 0 Å². The lowest BCUT2D eigenvalue weighted by molar-refractivity contribution is -0.422. The third kappa shape index (κ3) is 4.90. The lowest BCUT2D eigenvalue weighted by atomic mass is 10.1. The Labute approximate surface area is 160 Å². The van der Waals surface area contributed by atoms with Crippen LogP contribution in [0.2, 0.25) is 0 Å². The number of hydrogen-bond donors (Lipinski definition) is 0. The second-order valence-corrected chi connectivity index (χ2v) is 6.74. The summed E-state index contributed by atoms with van der Waals surface area (Å²) in [6.45, 7) is 1.36. The zero-order chi connectivity index (χ0) is 18.6. The summed E-state index contributed by atoms with van der Waals surface area (Å²) in [4.78, 5) is 22.7. The molecule has 0 aromatic heterocycles. The molecule has 2 aromatic rings. The Bertz CT molecular complexity index is 847. The van der Waals surface area contributed by atoms with Crippen molar-refractivity contribution in [2.75, 3.05) is 7.11 Å². The Hall–Kier alpha value is -2.19. The van der Waals surface area contributed by atoms with Crippen molar-refractivity contribution in [1.82, 2.24) is 0 Å². The number of ether oxygens (including phenoxy) is 2. The maximum absolute atomic E-state index is 12.4. The number of halogens is 2. The van der Waals surface area contributed by atoms with E-state index in [1.165, 1.54) is 20.1 Å². The molecule has 0 atom stereocenters. The predicted molar refractivity (Wildman–Crippen MR) is 100 cm³/mol. The fraction of sp³-hybridized carbons (Fsp3) is 0.118. The van der Waals surface area contributed by atoms with E-state index in [0.29, 0.717) is 25.8 Å². The van der Waals surface area contributed by atoms with Gasteiger partial charge in [0.1, 0.15) is 5.75 Å². The molecule has 0 aliphatic heterocycles. The number of hydrogen-bond acceptors (Lipinski definition) is 5. The fourth-order valence-corrected chi connectivity index (χ4v) is 3.29. The van der Waals surface area contributed by atoms with Crippen LogP contribution in [0, 0.1) is 10.1 Å². The molecule has 0 saturated heterocycles. The summed E-state index contributed by atoms with van der Waals surface area (Å²) in [5, 5.41) is 10.9. The number of nitro groups is 1. The molecular formula is C17H13Br2NO5. The molecule has 0 saturated carbocycles. The lowest BCUT2D eigenvalue weighted by Crippen LogP contribution is -2.10. The predicted octanol–water partition coefficient (Wildman–Crippen LogP) is 5.08. The SMILES string of the molecule is COc1ccc(C(=O)Oc2c(Br)cc(Br)cc2C=C(C)[N+](=O)[O-])cc1. The third-order valence-electron chi connectivity index (χ3n) is 3.21. The van der Waals surface area contributed by atoms with Gasteiger partial charge in [-0.15, -0.1) is 0 Å². The molecule has 0 fully saturated rings. The Morgan fingerprint density at radius 2 is 1.84 bits per heavy atom. The van der Waals surface area contributed by atoms with E-state index in [-0.39, 0.29) is 11.4 Å². The van der Waals surface area contributed by atoms with Gasteiger partial charge in [0.2, 0.25) is 5.70 Å². The molecule has 0 heterocycles. The third-order valence-corrected chi connectivity index (χ3v) is 4.26. The molecule has 0 bridgehead atoms. The van der Waals surface area contributed by atoms with Crippen molar-refractivity contribution in [1.29, 1.82) is 0 Å². The number of esters is 1. The van der Waals surface area contributed by atoms with Crippen molar-refractivity contribution in [3.05, 3.63) is 72.3 Å². The molecule has 25 heavy (non-hydrogen) atoms. The highest BCUT2D eigenvalue weighted by Gasteiger charge is 2.17. The quantitative estimate of drug-likeness (QED) is 0.263. The topological polar surface area (TPSA) is 78.7 Å². The Morgan fingerprint density at radius 3 is 2.40 bits per heavy atom. The van der Waals surface area contributed by atoms with Crippen molar-refractivity contribution < 1.29 is 19.2 Å². The Kier molecular flexibility index (Phi) is 6.33. The minimum Gasteiger partial charge on any atom is -0.497 e. The van der Waals surface area contributed by atoms with Crippen LogP contribution < -0.4 is 9.47 Å². The van der Waals surface area contributed by atoms with Gasteiger partial charge < -0.3 is 9.47 Å². The molecule has 2 rings (SSSR count). The fourth-order valence-electron chi connectivity index (χ4n) is 1.95. The van der Waals surface area contributed by atoms with Gasteiger partial charge in [-0.25, -0.2) is 4.79 Å². The largest absolute Gasteiger partial charge is 0.497 e. The van der Waals surface area contributed by atoms with Gasteiger partial charge in [0.15, 0.2) is 5.75 Å². The lowest BCUT2D eigenvalue weighted by Gasteiger charge is -2.11. The number of nitrogens with zero attached hydrogens (tertiary/aromatic N) is 1. The zero-order valence-corrected chi connectivity index (χ0v) is 16.5. The van der Waals surface area contributed by atoms with Gasteiger partial charge in [-0.1, -0.05) is 15.9 Å². The summed E-state index contributed by atoms with van der Waals surface area (Å²) in [5.41, 5.74) is 0.653. The van der Waals surface area contributed by atoms with Crippen LogP contribution in [0.3, 0.4) is 0 Å². The van der Waals surface area contributed by atoms with E-state index >= 15 is 0 Å². The molecule has 0 N–H and O–H groups in total. The molecule has 0 aliphatic rings. The van der Waals surface area contributed by atoms with E-state index in [0.717, 1.165) is 0 Å². The maximum Gasteiger partial charge on any atom is 0.343 e. The van der Waals surface area contributed by atoms with Crippen LogP contribution in [0.1, 0.15) is 22.8 Å². The number of allylic oxidation sites excluding steroid dienone is 1. The van der Waals surface area contributed by atoms with E-state index in [9.17, 15) is 14.9 Å². The first-order chi connectivity index (χ1) is 11.8. The highest BCUT2D eigenvalue weighted by molar-refractivity contribution is 9.11. The minimum absolute atomic E-state index is 0.0771. The second-order valence-electron chi connectivity index (χ2n) is 4.97. The minimum atomic E-state index is -0.584. The van der Waals surface area contributed by atoms with Crippen molar-refractivity contribution in [3.8, 4) is 11.5 Å². The smallest absolute Gasteiger partial charge is 0.343 e. The number of carbonyl (C=O) groups is 1. The average Bonchev–Trinajstić information content (AvgIpc) is 2.57. The van der Waals surface area contributed by atoms with Crippen molar-refractivity contribution in [2.45, 2.75) is 6.92 Å². The molecule has 0 spiro atoms. The summed E-state index contributed by atoms with van der Waals surface area (Å²) in [6, 6.07) is 9.76. The van der Waals surface area contributed by atoms with Crippen LogP contribution in [0.15, 0.2) is 51.0 Å². The normalized spacial score (nSPS) is 11.1. The molecular weight excluding hydrogens is 458 g/mol. The van der Waals surface area contributed by atoms with E-state index in [4.69, 9.17) is 9.47 Å². The number of carbonyl (C=O) groups excluding carboxylic acids is 1. The zero-order valence-electron chi connectivity index (χ0n) is 13.3. The molecule has 0 aliphatic carbocycles. The van der Waals surface area contributed by atoms with Crippen LogP contribution >= 0.6 is 31.9 Å². The Morgan fingerprint density at radius 1 is 1.20 bits per heavy atom. The first-order valence-electron chi connectivity index (χ1n) is 6.99. The molecule has 0 amide bonds. The average molecular weight is 471 g/mol. The first kappa shape index (κ1) is 19.1. The van der Waals surface area contributed by atoms with Crippen LogP contribution in [0.4, 0.5) is 0 Å². The highest BCUT2D eigenvalue weighted by Crippen LogP contribution is 2.35. The highest BCUT2D eigenvalue weighted by atomic mass is 79.9. The number of methoxy groups -OCH3 is 1. The monoisotopic (exact) mass is 469 g/mol. The van der Waals surface area contributed by atoms with Crippen LogP contribution in [-0.2, 0) is 0 Å². The van der Waals surface area contributed by atoms with Crippen LogP contribution in [0.5, 0.6) is 11.5 Å². The summed E-state index contributed by atoms with van der Waals surface area (Å²) < 4.78 is 11.7. The summed E-state index contributed by atoms with van der Waals surface area (Å²) >= 11 is 6.64. The van der Waals surface area contributed by atoms with Crippen molar-refractivity contribution in [3.63, 3.8) is 0 Å². The standard InChI is InChI=1S/C17H13Br2NO5/c1-10(20(22)23)7-12-8-13(18)9-15(19)16(12)25-17(21)11-3-5-14(24-2)6-4-11/h3-9H,1-2H3.